The van der Waals surface area contributed by atoms with Gasteiger partial charge in [-0.1, -0.05) is 233 Å². The standard InChI is InChI=1S/C94H124O17Si3/c1-16-64(5)56-72(109-112(17-2,18-3)19-4)53-54-79-65(6)57-70(103-79)51-50-68(95)60-82-87(110-113(93(7,8)9,74-42-30-22-31-43-74)75-44-32-23-33-45-75)88-89(108-82)90(111-114(94(10,11)12,76-46-34-24-35-47-76)77-48-36-25-37-49-77)86-80(107-88)55-52-71(104-86)58-69(96)59-78-81(62-84(99-13)100-14)106-83(85(78)101-15)61-73(105-92(98)67-40-28-21-29-41-67)63-102-91(97)66-38-26-20-27-39-66/h20-49,70-73,78-90H,1,6,17-19,50-63H2,2-5,7-15H3/t70-,71+,72-,73+,78-,79-,80-,81-,82+,83+,85+,86-,87-,88-,89+,90-/m0/s1. The van der Waals surface area contributed by atoms with Crippen LogP contribution >= 0.6 is 0 Å². The number of carbonyl (C=O) groups is 4. The van der Waals surface area contributed by atoms with Crippen LogP contribution < -0.4 is 20.7 Å². The number of ketones is 2. The van der Waals surface area contributed by atoms with E-state index in [1.54, 1.807) is 69.9 Å². The molecule has 0 saturated carbocycles. The summed E-state index contributed by atoms with van der Waals surface area (Å²) in [5.41, 5.74) is 5.92. The topological polar surface area (TPSA) is 188 Å². The first-order chi connectivity index (χ1) is 54.8. The Morgan fingerprint density at radius 2 is 1.04 bits per heavy atom. The van der Waals surface area contributed by atoms with Crippen LogP contribution in [0.4, 0.5) is 0 Å². The van der Waals surface area contributed by atoms with Crippen molar-refractivity contribution in [1.82, 2.24) is 0 Å². The number of ether oxygens (including phenoxy) is 10. The van der Waals surface area contributed by atoms with Gasteiger partial charge in [0.15, 0.2) is 14.6 Å². The highest BCUT2D eigenvalue weighted by molar-refractivity contribution is 7.00. The summed E-state index contributed by atoms with van der Waals surface area (Å²) >= 11 is 0. The molecule has 5 fully saturated rings. The van der Waals surface area contributed by atoms with Crippen LogP contribution in [-0.4, -0.2) is 174 Å². The Hall–Kier alpha value is -6.93. The van der Waals surface area contributed by atoms with Crippen LogP contribution in [0.1, 0.15) is 173 Å². The van der Waals surface area contributed by atoms with Crippen LogP contribution in [0.15, 0.2) is 212 Å². The fraction of sp³-hybridized carbons (Fsp3) is 0.521. The fourth-order valence-corrected chi connectivity index (χ4v) is 30.8. The predicted molar refractivity (Wildman–Crippen MR) is 452 cm³/mol. The molecule has 17 nitrogen and oxygen atoms in total. The minimum Gasteiger partial charge on any atom is -0.458 e. The molecular weight excluding hydrogens is 1490 g/mol. The molecule has 0 aliphatic carbocycles. The molecule has 0 amide bonds. The number of fused-ring (bicyclic) bond motifs is 2. The maximum absolute atomic E-state index is 15.4. The summed E-state index contributed by atoms with van der Waals surface area (Å²) in [5.74, 6) is -1.77. The third-order valence-electron chi connectivity index (χ3n) is 24.6. The van der Waals surface area contributed by atoms with E-state index in [0.717, 1.165) is 69.3 Å². The molecule has 0 spiro atoms. The van der Waals surface area contributed by atoms with Crippen molar-refractivity contribution in [3.8, 4) is 0 Å². The lowest BCUT2D eigenvalue weighted by Gasteiger charge is -2.53. The van der Waals surface area contributed by atoms with Gasteiger partial charge in [-0.05, 0) is 130 Å². The maximum atomic E-state index is 15.4. The average Bonchev–Trinajstić information content (AvgIpc) is 1.37. The summed E-state index contributed by atoms with van der Waals surface area (Å²) in [7, 11) is -4.19. The van der Waals surface area contributed by atoms with Crippen molar-refractivity contribution in [3.05, 3.63) is 223 Å². The van der Waals surface area contributed by atoms with Crippen molar-refractivity contribution in [1.29, 1.82) is 0 Å². The van der Waals surface area contributed by atoms with Crippen molar-refractivity contribution in [3.63, 3.8) is 0 Å². The molecule has 0 bridgehead atoms. The van der Waals surface area contributed by atoms with E-state index in [9.17, 15) is 9.59 Å². The van der Waals surface area contributed by atoms with Gasteiger partial charge in [-0.3, -0.25) is 9.59 Å². The smallest absolute Gasteiger partial charge is 0.338 e. The number of carbonyl (C=O) groups excluding carboxylic acids is 4. The van der Waals surface area contributed by atoms with Gasteiger partial charge in [-0.15, -0.1) is 5.73 Å². The van der Waals surface area contributed by atoms with E-state index in [1.165, 1.54) is 0 Å². The highest BCUT2D eigenvalue weighted by atomic mass is 28.4. The highest BCUT2D eigenvalue weighted by Crippen LogP contribution is 2.49. The van der Waals surface area contributed by atoms with Gasteiger partial charge in [0, 0.05) is 78.3 Å². The quantitative estimate of drug-likeness (QED) is 0.0116. The molecule has 5 saturated heterocycles. The normalized spacial score (nSPS) is 25.1. The van der Waals surface area contributed by atoms with E-state index in [-0.39, 0.29) is 75.0 Å². The SMILES string of the molecule is C=C=C(C)C[C@H](CC[C@@H]1O[C@@H](CCC(=O)C[C@H]2O[C@H]3[C@@H](O[Si](c4ccccc4)(c4ccccc4)C(C)(C)C)[C@H]4O[C@@H](CC(=O)C[C@@H]5[C@@H](OC)[C@@H](C[C@H](COC(=O)c6ccccc6)OC(=O)c6ccccc6)O[C@H]5CC(OC)OC)CC[C@@H]4O[C@H]3[C@H]2O[Si](c2ccccc2)(c2ccccc2)C(C)(C)C)CC1=C)O[Si](CC)(CC)CC. The van der Waals surface area contributed by atoms with Gasteiger partial charge in [-0.2, -0.15) is 0 Å². The van der Waals surface area contributed by atoms with Gasteiger partial charge in [0.2, 0.25) is 0 Å². The van der Waals surface area contributed by atoms with E-state index in [0.29, 0.717) is 36.8 Å². The van der Waals surface area contributed by atoms with Crippen LogP contribution in [0.3, 0.4) is 0 Å². The molecular formula is C94H124O17Si3. The molecule has 614 valence electrons. The van der Waals surface area contributed by atoms with Gasteiger partial charge in [-0.25, -0.2) is 9.59 Å². The number of methoxy groups -OCH3 is 3. The van der Waals surface area contributed by atoms with Crippen molar-refractivity contribution in [2.45, 2.75) is 279 Å². The minimum absolute atomic E-state index is 0.0248. The third-order valence-corrected chi connectivity index (χ3v) is 39.4. The lowest BCUT2D eigenvalue weighted by atomic mass is 9.85. The van der Waals surface area contributed by atoms with Crippen molar-refractivity contribution in [2.24, 2.45) is 5.92 Å². The Kier molecular flexibility index (Phi) is 30.9. The van der Waals surface area contributed by atoms with Gasteiger partial charge in [0.1, 0.15) is 54.8 Å². The Bertz CT molecular complexity index is 4020. The summed E-state index contributed by atoms with van der Waals surface area (Å²) in [5, 5.41) is 3.31. The number of rotatable bonds is 39. The first-order valence-corrected chi connectivity index (χ1v) is 47.8. The van der Waals surface area contributed by atoms with E-state index < -0.39 is 132 Å². The van der Waals surface area contributed by atoms with Crippen LogP contribution in [0.25, 0.3) is 0 Å². The number of esters is 2. The second-order valence-electron chi connectivity index (χ2n) is 33.9. The molecule has 6 aromatic carbocycles. The highest BCUT2D eigenvalue weighted by Gasteiger charge is 2.65. The van der Waals surface area contributed by atoms with Crippen molar-refractivity contribution in [2.75, 3.05) is 27.9 Å². The summed E-state index contributed by atoms with van der Waals surface area (Å²) in [6.07, 6.45) is -4.78. The maximum Gasteiger partial charge on any atom is 0.338 e. The summed E-state index contributed by atoms with van der Waals surface area (Å²) in [4.78, 5) is 58.2. The molecule has 114 heavy (non-hydrogen) atoms. The first kappa shape index (κ1) is 87.9. The van der Waals surface area contributed by atoms with Crippen LogP contribution in [-0.2, 0) is 70.2 Å². The Balaban J connectivity index is 0.914. The Morgan fingerprint density at radius 1 is 0.526 bits per heavy atom. The van der Waals surface area contributed by atoms with Crippen molar-refractivity contribution >= 4 is 69.2 Å². The molecule has 5 aliphatic heterocycles. The predicted octanol–water partition coefficient (Wildman–Crippen LogP) is 15.9. The minimum atomic E-state index is -3.51. The second-order valence-corrected chi connectivity index (χ2v) is 47.2. The molecule has 5 heterocycles. The average molecular weight is 1610 g/mol. The lowest BCUT2D eigenvalue weighted by molar-refractivity contribution is -0.254. The molecule has 0 unspecified atom stereocenters. The Morgan fingerprint density at radius 3 is 1.54 bits per heavy atom. The molecule has 20 heteroatoms. The number of benzene rings is 6. The lowest BCUT2D eigenvalue weighted by Crippen LogP contribution is -2.73. The van der Waals surface area contributed by atoms with E-state index in [4.69, 9.17) is 60.6 Å². The first-order valence-electron chi connectivity index (χ1n) is 41.5. The Labute approximate surface area is 680 Å². The zero-order valence-corrected chi connectivity index (χ0v) is 72.5. The van der Waals surface area contributed by atoms with E-state index in [1.807, 2.05) is 36.4 Å². The van der Waals surface area contributed by atoms with Crippen LogP contribution in [0, 0.1) is 5.92 Å². The van der Waals surface area contributed by atoms with Gasteiger partial charge >= 0.3 is 11.9 Å². The summed E-state index contributed by atoms with van der Waals surface area (Å²) < 4.78 is 90.7. The molecule has 6 aromatic rings. The second kappa shape index (κ2) is 40.0. The van der Waals surface area contributed by atoms with Gasteiger partial charge in [0.05, 0.1) is 60.0 Å². The molecule has 16 atom stereocenters. The molecule has 5 aliphatic rings. The third kappa shape index (κ3) is 20.6. The largest absolute Gasteiger partial charge is 0.458 e. The number of hydrogen-bond donors (Lipinski definition) is 0. The zero-order valence-electron chi connectivity index (χ0n) is 69.5. The fourth-order valence-electron chi connectivity index (χ4n) is 18.5. The van der Waals surface area contributed by atoms with Crippen molar-refractivity contribution < 1.29 is 79.8 Å². The molecule has 11 rings (SSSR count). The number of Topliss-reactive ketones (excluding diaryl/α,β-unsaturated/α-hetero) is 2. The van der Waals surface area contributed by atoms with E-state index in [2.05, 4.69) is 185 Å². The summed E-state index contributed by atoms with van der Waals surface area (Å²) in [6.45, 7) is 30.7. The van der Waals surface area contributed by atoms with E-state index >= 15 is 9.59 Å². The zero-order chi connectivity index (χ0) is 81.4. The molecule has 0 radical (unpaired) electrons. The number of hydrogen-bond acceptors (Lipinski definition) is 17. The van der Waals surface area contributed by atoms with Gasteiger partial charge in [0.25, 0.3) is 16.6 Å². The monoisotopic (exact) mass is 1610 g/mol. The molecule has 0 aromatic heterocycles. The summed E-state index contributed by atoms with van der Waals surface area (Å²) in [6, 6.07) is 62.7. The van der Waals surface area contributed by atoms with Gasteiger partial charge < -0.3 is 60.6 Å². The molecule has 0 N–H and O–H groups in total. The van der Waals surface area contributed by atoms with Crippen LogP contribution in [0.2, 0.25) is 28.2 Å². The van der Waals surface area contributed by atoms with Crippen LogP contribution in [0.5, 0.6) is 0 Å².